The van der Waals surface area contributed by atoms with E-state index in [0.29, 0.717) is 21.7 Å². The van der Waals surface area contributed by atoms with Gasteiger partial charge >= 0.3 is 0 Å². The molecule has 0 fully saturated rings. The summed E-state index contributed by atoms with van der Waals surface area (Å²) in [6.07, 6.45) is 3.07. The van der Waals surface area contributed by atoms with Gasteiger partial charge in [-0.2, -0.15) is 0 Å². The average molecular weight is 336 g/mol. The second-order valence-corrected chi connectivity index (χ2v) is 5.19. The van der Waals surface area contributed by atoms with Gasteiger partial charge in [-0.1, -0.05) is 6.07 Å². The van der Waals surface area contributed by atoms with Crippen LogP contribution in [0.5, 0.6) is 5.75 Å². The van der Waals surface area contributed by atoms with E-state index in [1.54, 1.807) is 18.2 Å². The van der Waals surface area contributed by atoms with Crippen LogP contribution in [0.1, 0.15) is 24.2 Å². The summed E-state index contributed by atoms with van der Waals surface area (Å²) >= 11 is 3.19. The summed E-state index contributed by atoms with van der Waals surface area (Å²) in [5.41, 5.74) is 0.507. The fourth-order valence-corrected chi connectivity index (χ4v) is 1.75. The molecule has 0 radical (unpaired) electrons. The van der Waals surface area contributed by atoms with E-state index in [4.69, 9.17) is 4.74 Å². The number of amides is 1. The molecule has 0 atom stereocenters. The summed E-state index contributed by atoms with van der Waals surface area (Å²) in [6.45, 7) is 3.87. The topological polar surface area (TPSA) is 64.1 Å². The number of nitrogens with zero attached hydrogens (tertiary/aromatic N) is 2. The van der Waals surface area contributed by atoms with E-state index in [0.717, 1.165) is 0 Å². The number of carbonyl (C=O) groups is 1. The molecule has 2 aromatic rings. The Hall–Kier alpha value is -1.95. The van der Waals surface area contributed by atoms with Crippen molar-refractivity contribution in [3.63, 3.8) is 0 Å². The Morgan fingerprint density at radius 1 is 1.30 bits per heavy atom. The Bertz CT molecular complexity index is 600. The molecule has 0 aliphatic rings. The first-order chi connectivity index (χ1) is 9.54. The minimum absolute atomic E-state index is 0.0608. The number of carbonyl (C=O) groups excluding carboxylic acids is 1. The van der Waals surface area contributed by atoms with Gasteiger partial charge in [0.05, 0.1) is 18.5 Å². The average Bonchev–Trinajstić information content (AvgIpc) is 2.41. The van der Waals surface area contributed by atoms with Crippen LogP contribution in [0.15, 0.2) is 41.3 Å². The van der Waals surface area contributed by atoms with E-state index in [1.807, 2.05) is 19.9 Å². The first-order valence-electron chi connectivity index (χ1n) is 6.10. The van der Waals surface area contributed by atoms with E-state index in [-0.39, 0.29) is 12.0 Å². The van der Waals surface area contributed by atoms with E-state index in [9.17, 15) is 4.79 Å². The molecule has 6 heteroatoms. The van der Waals surface area contributed by atoms with Gasteiger partial charge in [0.2, 0.25) is 0 Å². The van der Waals surface area contributed by atoms with Crippen LogP contribution in [-0.2, 0) is 0 Å². The Kier molecular flexibility index (Phi) is 4.68. The fourth-order valence-electron chi connectivity index (χ4n) is 1.55. The summed E-state index contributed by atoms with van der Waals surface area (Å²) in [6, 6.07) is 7.01. The van der Waals surface area contributed by atoms with Gasteiger partial charge in [-0.15, -0.1) is 0 Å². The normalized spacial score (nSPS) is 10.4. The van der Waals surface area contributed by atoms with Gasteiger partial charge in [-0.3, -0.25) is 4.79 Å². The number of aromatic nitrogens is 2. The zero-order valence-corrected chi connectivity index (χ0v) is 12.7. The number of hydrogen-bond donors (Lipinski definition) is 1. The SMILES string of the molecule is CC(C)Oc1cccc(C(=O)Nc2cnc(Br)cn2)c1. The van der Waals surface area contributed by atoms with E-state index in [2.05, 4.69) is 31.2 Å². The molecular formula is C14H14BrN3O2. The lowest BCUT2D eigenvalue weighted by atomic mass is 10.2. The molecule has 2 rings (SSSR count). The van der Waals surface area contributed by atoms with Crippen molar-refractivity contribution < 1.29 is 9.53 Å². The first kappa shape index (κ1) is 14.5. The van der Waals surface area contributed by atoms with Crippen molar-refractivity contribution in [3.8, 4) is 5.75 Å². The minimum Gasteiger partial charge on any atom is -0.491 e. The van der Waals surface area contributed by atoms with Crippen molar-refractivity contribution >= 4 is 27.7 Å². The van der Waals surface area contributed by atoms with Crippen LogP contribution in [-0.4, -0.2) is 22.0 Å². The molecule has 1 N–H and O–H groups in total. The smallest absolute Gasteiger partial charge is 0.256 e. The molecule has 20 heavy (non-hydrogen) atoms. The quantitative estimate of drug-likeness (QED) is 0.931. The molecule has 1 aromatic carbocycles. The highest BCUT2D eigenvalue weighted by Gasteiger charge is 2.08. The molecule has 5 nitrogen and oxygen atoms in total. The molecule has 0 aliphatic heterocycles. The second kappa shape index (κ2) is 6.47. The van der Waals surface area contributed by atoms with Gasteiger partial charge in [-0.05, 0) is 48.0 Å². The number of ether oxygens (including phenoxy) is 1. The molecule has 0 unspecified atom stereocenters. The number of anilines is 1. The Balaban J connectivity index is 2.10. The van der Waals surface area contributed by atoms with Gasteiger partial charge in [0.25, 0.3) is 5.91 Å². The molecule has 0 saturated heterocycles. The van der Waals surface area contributed by atoms with E-state index < -0.39 is 0 Å². The zero-order valence-electron chi connectivity index (χ0n) is 11.1. The van der Waals surface area contributed by atoms with Crippen molar-refractivity contribution in [2.75, 3.05) is 5.32 Å². The molecule has 0 bridgehead atoms. The lowest BCUT2D eigenvalue weighted by Crippen LogP contribution is -2.13. The summed E-state index contributed by atoms with van der Waals surface area (Å²) in [5, 5.41) is 2.68. The maximum Gasteiger partial charge on any atom is 0.256 e. The third-order valence-electron chi connectivity index (χ3n) is 2.33. The third kappa shape index (κ3) is 4.03. The predicted molar refractivity (Wildman–Crippen MR) is 79.9 cm³/mol. The van der Waals surface area contributed by atoms with Gasteiger partial charge in [-0.25, -0.2) is 9.97 Å². The fraction of sp³-hybridized carbons (Fsp3) is 0.214. The number of rotatable bonds is 4. The zero-order chi connectivity index (χ0) is 14.5. The summed E-state index contributed by atoms with van der Waals surface area (Å²) in [7, 11) is 0. The lowest BCUT2D eigenvalue weighted by molar-refractivity contribution is 0.102. The molecule has 1 heterocycles. The monoisotopic (exact) mass is 335 g/mol. The highest BCUT2D eigenvalue weighted by atomic mass is 79.9. The van der Waals surface area contributed by atoms with Crippen LogP contribution < -0.4 is 10.1 Å². The number of nitrogens with one attached hydrogen (secondary N) is 1. The van der Waals surface area contributed by atoms with Crippen molar-refractivity contribution in [1.82, 2.24) is 9.97 Å². The molecular weight excluding hydrogens is 322 g/mol. The summed E-state index contributed by atoms with van der Waals surface area (Å²) < 4.78 is 6.17. The number of hydrogen-bond acceptors (Lipinski definition) is 4. The van der Waals surface area contributed by atoms with Crippen LogP contribution in [0.25, 0.3) is 0 Å². The van der Waals surface area contributed by atoms with Gasteiger partial charge in [0.15, 0.2) is 5.82 Å². The lowest BCUT2D eigenvalue weighted by Gasteiger charge is -2.10. The predicted octanol–water partition coefficient (Wildman–Crippen LogP) is 3.28. The van der Waals surface area contributed by atoms with Crippen molar-refractivity contribution in [1.29, 1.82) is 0 Å². The second-order valence-electron chi connectivity index (χ2n) is 4.37. The molecule has 0 aliphatic carbocycles. The molecule has 1 amide bonds. The first-order valence-corrected chi connectivity index (χ1v) is 6.89. The highest BCUT2D eigenvalue weighted by Crippen LogP contribution is 2.16. The van der Waals surface area contributed by atoms with E-state index in [1.165, 1.54) is 12.4 Å². The van der Waals surface area contributed by atoms with Crippen molar-refractivity contribution in [2.45, 2.75) is 20.0 Å². The molecule has 0 spiro atoms. The van der Waals surface area contributed by atoms with Crippen molar-refractivity contribution in [3.05, 3.63) is 46.8 Å². The molecule has 1 aromatic heterocycles. The van der Waals surface area contributed by atoms with Gasteiger partial charge in [0.1, 0.15) is 10.4 Å². The number of benzene rings is 1. The highest BCUT2D eigenvalue weighted by molar-refractivity contribution is 9.10. The Morgan fingerprint density at radius 3 is 2.75 bits per heavy atom. The maximum absolute atomic E-state index is 12.1. The minimum atomic E-state index is -0.254. The standard InChI is InChI=1S/C14H14BrN3O2/c1-9(2)20-11-5-3-4-10(6-11)14(19)18-13-8-16-12(15)7-17-13/h3-9H,1-2H3,(H,17,18,19). The Morgan fingerprint density at radius 2 is 2.10 bits per heavy atom. The van der Waals surface area contributed by atoms with Crippen LogP contribution in [0.2, 0.25) is 0 Å². The van der Waals surface area contributed by atoms with Gasteiger partial charge < -0.3 is 10.1 Å². The van der Waals surface area contributed by atoms with Crippen molar-refractivity contribution in [2.24, 2.45) is 0 Å². The van der Waals surface area contributed by atoms with Crippen LogP contribution in [0.3, 0.4) is 0 Å². The third-order valence-corrected chi connectivity index (χ3v) is 2.74. The molecule has 0 saturated carbocycles. The summed E-state index contributed by atoms with van der Waals surface area (Å²) in [4.78, 5) is 20.1. The van der Waals surface area contributed by atoms with Crippen LogP contribution >= 0.6 is 15.9 Å². The number of halogens is 1. The van der Waals surface area contributed by atoms with Crippen LogP contribution in [0.4, 0.5) is 5.82 Å². The Labute approximate surface area is 125 Å². The molecule has 104 valence electrons. The van der Waals surface area contributed by atoms with Gasteiger partial charge in [0, 0.05) is 5.56 Å². The van der Waals surface area contributed by atoms with E-state index >= 15 is 0 Å². The van der Waals surface area contributed by atoms with Crippen LogP contribution in [0, 0.1) is 0 Å². The largest absolute Gasteiger partial charge is 0.491 e. The maximum atomic E-state index is 12.1. The summed E-state index contributed by atoms with van der Waals surface area (Å²) in [5.74, 6) is 0.804.